The molecule has 0 unspecified atom stereocenters. The van der Waals surface area contributed by atoms with Gasteiger partial charge in [0, 0.05) is 6.04 Å². The van der Waals surface area contributed by atoms with Crippen LogP contribution in [-0.2, 0) is 9.53 Å². The Morgan fingerprint density at radius 3 is 2.24 bits per heavy atom. The van der Waals surface area contributed by atoms with Gasteiger partial charge in [0.2, 0.25) is 0 Å². The molecule has 2 N–H and O–H groups in total. The first-order valence-electron chi connectivity index (χ1n) is 7.11. The molecule has 0 saturated heterocycles. The maximum absolute atomic E-state index is 11.2. The summed E-state index contributed by atoms with van der Waals surface area (Å²) in [7, 11) is 0. The Hall–Kier alpha value is -0.570. The highest BCUT2D eigenvalue weighted by atomic mass is 16.5. The molecule has 0 saturated carbocycles. The number of hydrogen-bond donors (Lipinski definition) is 1. The summed E-state index contributed by atoms with van der Waals surface area (Å²) < 4.78 is 4.87. The highest BCUT2D eigenvalue weighted by Crippen LogP contribution is 2.10. The van der Waals surface area contributed by atoms with E-state index in [-0.39, 0.29) is 12.0 Å². The summed E-state index contributed by atoms with van der Waals surface area (Å²) in [5.41, 5.74) is 5.87. The van der Waals surface area contributed by atoms with Crippen molar-refractivity contribution in [2.24, 2.45) is 5.73 Å². The Labute approximate surface area is 106 Å². The second-order valence-electron chi connectivity index (χ2n) is 4.68. The van der Waals surface area contributed by atoms with Crippen LogP contribution in [0.4, 0.5) is 0 Å². The van der Waals surface area contributed by atoms with Crippen molar-refractivity contribution in [3.63, 3.8) is 0 Å². The summed E-state index contributed by atoms with van der Waals surface area (Å²) in [5.74, 6) is -0.164. The molecule has 0 aromatic carbocycles. The number of unbranched alkanes of at least 4 members (excludes halogenated alkanes) is 6. The van der Waals surface area contributed by atoms with Crippen LogP contribution < -0.4 is 5.73 Å². The zero-order chi connectivity index (χ0) is 12.9. The molecule has 3 heteroatoms. The van der Waals surface area contributed by atoms with E-state index in [2.05, 4.69) is 6.92 Å². The average Bonchev–Trinajstić information content (AvgIpc) is 2.28. The van der Waals surface area contributed by atoms with Gasteiger partial charge in [0.25, 0.3) is 0 Å². The molecule has 0 rings (SSSR count). The van der Waals surface area contributed by atoms with Crippen molar-refractivity contribution in [2.75, 3.05) is 6.61 Å². The van der Waals surface area contributed by atoms with E-state index in [4.69, 9.17) is 10.5 Å². The molecule has 0 aliphatic carbocycles. The lowest BCUT2D eigenvalue weighted by Gasteiger charge is -2.10. The van der Waals surface area contributed by atoms with E-state index in [1.54, 1.807) is 0 Å². The van der Waals surface area contributed by atoms with Crippen molar-refractivity contribution in [1.29, 1.82) is 0 Å². The Morgan fingerprint density at radius 1 is 1.06 bits per heavy atom. The number of rotatable bonds is 11. The number of nitrogens with two attached hydrogens (primary N) is 1. The van der Waals surface area contributed by atoms with E-state index in [0.717, 1.165) is 12.8 Å². The van der Waals surface area contributed by atoms with Crippen LogP contribution in [0.1, 0.15) is 71.6 Å². The number of carbonyl (C=O) groups excluding carboxylic acids is 1. The maximum atomic E-state index is 11.2. The lowest BCUT2D eigenvalue weighted by atomic mass is 10.0. The van der Waals surface area contributed by atoms with Crippen LogP contribution in [0.15, 0.2) is 0 Å². The van der Waals surface area contributed by atoms with Gasteiger partial charge < -0.3 is 10.5 Å². The predicted octanol–water partition coefficient (Wildman–Crippen LogP) is 3.41. The van der Waals surface area contributed by atoms with Gasteiger partial charge in [-0.2, -0.15) is 0 Å². The molecule has 17 heavy (non-hydrogen) atoms. The minimum atomic E-state index is -0.164. The topological polar surface area (TPSA) is 52.3 Å². The van der Waals surface area contributed by atoms with Crippen LogP contribution in [0.25, 0.3) is 0 Å². The molecular formula is C14H29NO2. The molecular weight excluding hydrogens is 214 g/mol. The quantitative estimate of drug-likeness (QED) is 0.447. The van der Waals surface area contributed by atoms with Crippen molar-refractivity contribution in [2.45, 2.75) is 77.7 Å². The van der Waals surface area contributed by atoms with E-state index >= 15 is 0 Å². The van der Waals surface area contributed by atoms with Crippen molar-refractivity contribution in [1.82, 2.24) is 0 Å². The second-order valence-corrected chi connectivity index (χ2v) is 4.68. The van der Waals surface area contributed by atoms with Crippen LogP contribution in [0, 0.1) is 0 Å². The van der Waals surface area contributed by atoms with Crippen molar-refractivity contribution < 1.29 is 9.53 Å². The lowest BCUT2D eigenvalue weighted by molar-refractivity contribution is -0.143. The Kier molecular flexibility index (Phi) is 11.5. The Morgan fingerprint density at radius 2 is 1.65 bits per heavy atom. The molecule has 0 aromatic heterocycles. The third-order valence-corrected chi connectivity index (χ3v) is 2.91. The second kappa shape index (κ2) is 11.9. The van der Waals surface area contributed by atoms with Gasteiger partial charge in [-0.25, -0.2) is 0 Å². The fourth-order valence-electron chi connectivity index (χ4n) is 1.90. The van der Waals surface area contributed by atoms with Gasteiger partial charge >= 0.3 is 5.97 Å². The van der Waals surface area contributed by atoms with Gasteiger partial charge in [-0.1, -0.05) is 51.9 Å². The first-order chi connectivity index (χ1) is 8.20. The van der Waals surface area contributed by atoms with Gasteiger partial charge in [-0.05, 0) is 13.3 Å². The number of hydrogen-bond acceptors (Lipinski definition) is 3. The molecule has 102 valence electrons. The molecule has 1 atom stereocenters. The molecule has 0 aliphatic rings. The molecule has 0 aromatic rings. The standard InChI is InChI=1S/C14H29NO2/c1-3-5-6-7-8-9-10-11-13(15)12-14(16)17-4-2/h13H,3-12,15H2,1-2H3/t13-/m0/s1. The summed E-state index contributed by atoms with van der Waals surface area (Å²) in [5, 5.41) is 0. The zero-order valence-electron chi connectivity index (χ0n) is 11.5. The van der Waals surface area contributed by atoms with Crippen molar-refractivity contribution in [3.8, 4) is 0 Å². The first kappa shape index (κ1) is 16.4. The van der Waals surface area contributed by atoms with Gasteiger partial charge in [0.05, 0.1) is 13.0 Å². The Balaban J connectivity index is 3.27. The van der Waals surface area contributed by atoms with E-state index in [0.29, 0.717) is 13.0 Å². The van der Waals surface area contributed by atoms with Gasteiger partial charge in [-0.15, -0.1) is 0 Å². The summed E-state index contributed by atoms with van der Waals surface area (Å²) in [6, 6.07) is -0.0234. The molecule has 0 amide bonds. The number of ether oxygens (including phenoxy) is 1. The van der Waals surface area contributed by atoms with Crippen LogP contribution in [-0.4, -0.2) is 18.6 Å². The highest BCUT2D eigenvalue weighted by molar-refractivity contribution is 5.70. The predicted molar refractivity (Wildman–Crippen MR) is 71.8 cm³/mol. The molecule has 0 spiro atoms. The fraction of sp³-hybridized carbons (Fsp3) is 0.929. The summed E-state index contributed by atoms with van der Waals surface area (Å²) in [4.78, 5) is 11.2. The molecule has 0 aliphatic heterocycles. The normalized spacial score (nSPS) is 12.4. The molecule has 0 bridgehead atoms. The zero-order valence-corrected chi connectivity index (χ0v) is 11.5. The SMILES string of the molecule is CCCCCCCCC[C@H](N)CC(=O)OCC. The smallest absolute Gasteiger partial charge is 0.307 e. The van der Waals surface area contributed by atoms with E-state index in [1.165, 1.54) is 38.5 Å². The van der Waals surface area contributed by atoms with E-state index in [9.17, 15) is 4.79 Å². The molecule has 0 heterocycles. The third kappa shape index (κ3) is 11.7. The monoisotopic (exact) mass is 243 g/mol. The molecule has 0 fully saturated rings. The molecule has 0 radical (unpaired) electrons. The van der Waals surface area contributed by atoms with Crippen LogP contribution >= 0.6 is 0 Å². The minimum absolute atomic E-state index is 0.0234. The van der Waals surface area contributed by atoms with Gasteiger partial charge in [0.15, 0.2) is 0 Å². The van der Waals surface area contributed by atoms with E-state index in [1.807, 2.05) is 6.92 Å². The van der Waals surface area contributed by atoms with Gasteiger partial charge in [-0.3, -0.25) is 4.79 Å². The largest absolute Gasteiger partial charge is 0.466 e. The minimum Gasteiger partial charge on any atom is -0.466 e. The van der Waals surface area contributed by atoms with Crippen molar-refractivity contribution in [3.05, 3.63) is 0 Å². The summed E-state index contributed by atoms with van der Waals surface area (Å²) in [6.45, 7) is 4.50. The highest BCUT2D eigenvalue weighted by Gasteiger charge is 2.09. The van der Waals surface area contributed by atoms with Crippen LogP contribution in [0.2, 0.25) is 0 Å². The van der Waals surface area contributed by atoms with Crippen molar-refractivity contribution >= 4 is 5.97 Å². The third-order valence-electron chi connectivity index (χ3n) is 2.91. The fourth-order valence-corrected chi connectivity index (χ4v) is 1.90. The Bertz CT molecular complexity index is 183. The van der Waals surface area contributed by atoms with E-state index < -0.39 is 0 Å². The van der Waals surface area contributed by atoms with Gasteiger partial charge in [0.1, 0.15) is 0 Å². The van der Waals surface area contributed by atoms with Crippen LogP contribution in [0.5, 0.6) is 0 Å². The number of carbonyl (C=O) groups is 1. The average molecular weight is 243 g/mol. The maximum Gasteiger partial charge on any atom is 0.307 e. The lowest BCUT2D eigenvalue weighted by Crippen LogP contribution is -2.24. The molecule has 3 nitrogen and oxygen atoms in total. The summed E-state index contributed by atoms with van der Waals surface area (Å²) in [6.07, 6.45) is 10.3. The summed E-state index contributed by atoms with van der Waals surface area (Å²) >= 11 is 0. The van der Waals surface area contributed by atoms with Crippen LogP contribution in [0.3, 0.4) is 0 Å². The first-order valence-corrected chi connectivity index (χ1v) is 7.11. The number of esters is 1.